The Hall–Kier alpha value is -3.48. The fourth-order valence-electron chi connectivity index (χ4n) is 5.46. The summed E-state index contributed by atoms with van der Waals surface area (Å²) in [6.07, 6.45) is 3.05. The smallest absolute Gasteiger partial charge is 0.338 e. The van der Waals surface area contributed by atoms with E-state index in [1.165, 1.54) is 17.0 Å². The first-order valence-electron chi connectivity index (χ1n) is 10.9. The van der Waals surface area contributed by atoms with Crippen LogP contribution in [0, 0.1) is 30.6 Å². The quantitative estimate of drug-likeness (QED) is 0.578. The van der Waals surface area contributed by atoms with Gasteiger partial charge in [-0.15, -0.1) is 0 Å². The Kier molecular flexibility index (Phi) is 5.04. The molecule has 3 amide bonds. The number of hydrogen-bond donors (Lipinski definition) is 1. The lowest BCUT2D eigenvalue weighted by Crippen LogP contribution is -2.32. The molecule has 0 aromatic heterocycles. The predicted molar refractivity (Wildman–Crippen MR) is 117 cm³/mol. The third-order valence-electron chi connectivity index (χ3n) is 6.96. The summed E-state index contributed by atoms with van der Waals surface area (Å²) >= 11 is 0. The molecule has 2 bridgehead atoms. The lowest BCUT2D eigenvalue weighted by molar-refractivity contribution is -0.123. The zero-order chi connectivity index (χ0) is 22.4. The summed E-state index contributed by atoms with van der Waals surface area (Å²) in [6, 6.07) is 13.5. The molecule has 4 atom stereocenters. The fourth-order valence-corrected chi connectivity index (χ4v) is 5.46. The summed E-state index contributed by atoms with van der Waals surface area (Å²) < 4.78 is 5.09. The molecule has 0 spiro atoms. The van der Waals surface area contributed by atoms with Crippen molar-refractivity contribution >= 4 is 35.1 Å². The number of nitrogens with one attached hydrogen (secondary N) is 1. The zero-order valence-corrected chi connectivity index (χ0v) is 17.7. The highest BCUT2D eigenvalue weighted by Crippen LogP contribution is 2.56. The Labute approximate surface area is 185 Å². The number of amides is 3. The van der Waals surface area contributed by atoms with E-state index in [4.69, 9.17) is 4.74 Å². The van der Waals surface area contributed by atoms with Crippen LogP contribution in [0.25, 0.3) is 0 Å². The van der Waals surface area contributed by atoms with E-state index in [9.17, 15) is 19.2 Å². The van der Waals surface area contributed by atoms with E-state index < -0.39 is 18.5 Å². The highest BCUT2D eigenvalue weighted by molar-refractivity contribution is 6.22. The summed E-state index contributed by atoms with van der Waals surface area (Å²) in [5.41, 5.74) is 2.42. The van der Waals surface area contributed by atoms with Crippen molar-refractivity contribution in [3.8, 4) is 0 Å². The molecule has 2 aliphatic carbocycles. The van der Waals surface area contributed by atoms with Crippen LogP contribution in [0.1, 0.15) is 35.2 Å². The highest BCUT2D eigenvalue weighted by Gasteiger charge is 2.61. The van der Waals surface area contributed by atoms with E-state index in [0.29, 0.717) is 23.2 Å². The molecule has 0 radical (unpaired) electrons. The number of ether oxygens (including phenoxy) is 1. The Balaban J connectivity index is 1.20. The molecule has 1 N–H and O–H groups in total. The van der Waals surface area contributed by atoms with Gasteiger partial charge in [0, 0.05) is 5.69 Å². The van der Waals surface area contributed by atoms with Crippen molar-refractivity contribution in [2.24, 2.45) is 23.7 Å². The van der Waals surface area contributed by atoms with Gasteiger partial charge in [0.15, 0.2) is 6.61 Å². The van der Waals surface area contributed by atoms with Crippen LogP contribution in [0.5, 0.6) is 0 Å². The van der Waals surface area contributed by atoms with Gasteiger partial charge in [0.05, 0.1) is 23.1 Å². The number of nitrogens with zero attached hydrogens (tertiary/aromatic N) is 1. The van der Waals surface area contributed by atoms with Gasteiger partial charge in [-0.25, -0.2) is 4.79 Å². The van der Waals surface area contributed by atoms with Crippen molar-refractivity contribution in [3.63, 3.8) is 0 Å². The number of imide groups is 1. The monoisotopic (exact) mass is 432 g/mol. The standard InChI is InChI=1S/C25H24N2O5/c1-14-2-8-18(9-3-14)26-20(28)13-32-25(31)15-6-10-19(11-7-15)27-23(29)21-16-4-5-17(12-16)22(21)24(27)30/h2-3,6-11,16-17,21-22H,4-5,12-13H2,1H3,(H,26,28)/t16-,17-,21-,22-/m0/s1. The first-order chi connectivity index (χ1) is 15.4. The van der Waals surface area contributed by atoms with E-state index in [1.54, 1.807) is 24.3 Å². The lowest BCUT2D eigenvalue weighted by Gasteiger charge is -2.19. The lowest BCUT2D eigenvalue weighted by atomic mass is 9.81. The van der Waals surface area contributed by atoms with Crippen LogP contribution in [-0.2, 0) is 19.1 Å². The van der Waals surface area contributed by atoms with Gasteiger partial charge in [-0.2, -0.15) is 0 Å². The molecule has 1 heterocycles. The van der Waals surface area contributed by atoms with E-state index in [0.717, 1.165) is 24.8 Å². The molecule has 164 valence electrons. The highest BCUT2D eigenvalue weighted by atomic mass is 16.5. The SMILES string of the molecule is Cc1ccc(NC(=O)COC(=O)c2ccc(N3C(=O)[C@H]4[C@H]5CC[C@@H](C5)[C@@H]4C3=O)cc2)cc1. The molecule has 32 heavy (non-hydrogen) atoms. The van der Waals surface area contributed by atoms with Crippen molar-refractivity contribution in [2.75, 3.05) is 16.8 Å². The van der Waals surface area contributed by atoms with Crippen LogP contribution in [0.2, 0.25) is 0 Å². The topological polar surface area (TPSA) is 92.8 Å². The molecule has 7 heteroatoms. The number of carbonyl (C=O) groups is 4. The summed E-state index contributed by atoms with van der Waals surface area (Å²) in [6.45, 7) is 1.54. The van der Waals surface area contributed by atoms with Gasteiger partial charge in [0.2, 0.25) is 11.8 Å². The second kappa shape index (κ2) is 7.89. The largest absolute Gasteiger partial charge is 0.452 e. The minimum atomic E-state index is -0.649. The molecule has 2 saturated carbocycles. The van der Waals surface area contributed by atoms with Crippen LogP contribution in [0.3, 0.4) is 0 Å². The number of benzene rings is 2. The molecule has 2 aromatic rings. The predicted octanol–water partition coefficient (Wildman–Crippen LogP) is 3.33. The van der Waals surface area contributed by atoms with Gasteiger partial charge >= 0.3 is 5.97 Å². The van der Waals surface area contributed by atoms with Crippen molar-refractivity contribution in [2.45, 2.75) is 26.2 Å². The first-order valence-corrected chi connectivity index (χ1v) is 10.9. The number of esters is 1. The van der Waals surface area contributed by atoms with E-state index >= 15 is 0 Å². The Morgan fingerprint density at radius 1 is 0.938 bits per heavy atom. The van der Waals surface area contributed by atoms with Crippen LogP contribution in [0.4, 0.5) is 11.4 Å². The van der Waals surface area contributed by atoms with E-state index in [1.807, 2.05) is 19.1 Å². The fraction of sp³-hybridized carbons (Fsp3) is 0.360. The van der Waals surface area contributed by atoms with Crippen molar-refractivity contribution < 1.29 is 23.9 Å². The van der Waals surface area contributed by atoms with Gasteiger partial charge in [0.1, 0.15) is 0 Å². The number of anilines is 2. The molecule has 1 aliphatic heterocycles. The number of aryl methyl sites for hydroxylation is 1. The van der Waals surface area contributed by atoms with Crippen LogP contribution in [-0.4, -0.2) is 30.3 Å². The van der Waals surface area contributed by atoms with Gasteiger partial charge < -0.3 is 10.1 Å². The Morgan fingerprint density at radius 2 is 1.53 bits per heavy atom. The van der Waals surface area contributed by atoms with Crippen LogP contribution < -0.4 is 10.2 Å². The molecule has 3 aliphatic rings. The van der Waals surface area contributed by atoms with E-state index in [2.05, 4.69) is 5.32 Å². The third-order valence-corrected chi connectivity index (χ3v) is 6.96. The van der Waals surface area contributed by atoms with Crippen LogP contribution in [0.15, 0.2) is 48.5 Å². The number of rotatable bonds is 5. The molecule has 3 fully saturated rings. The minimum Gasteiger partial charge on any atom is -0.452 e. The molecule has 2 aromatic carbocycles. The molecule has 1 saturated heterocycles. The average molecular weight is 432 g/mol. The van der Waals surface area contributed by atoms with E-state index in [-0.39, 0.29) is 29.2 Å². The molecular formula is C25H24N2O5. The normalized spacial score (nSPS) is 25.7. The third kappa shape index (κ3) is 3.47. The molecule has 5 rings (SSSR count). The van der Waals surface area contributed by atoms with Crippen molar-refractivity contribution in [3.05, 3.63) is 59.7 Å². The van der Waals surface area contributed by atoms with Crippen molar-refractivity contribution in [1.82, 2.24) is 0 Å². The van der Waals surface area contributed by atoms with Crippen molar-refractivity contribution in [1.29, 1.82) is 0 Å². The summed E-state index contributed by atoms with van der Waals surface area (Å²) in [7, 11) is 0. The summed E-state index contributed by atoms with van der Waals surface area (Å²) in [4.78, 5) is 51.5. The average Bonchev–Trinajstić information content (AvgIpc) is 3.47. The molecule has 0 unspecified atom stereocenters. The van der Waals surface area contributed by atoms with Crippen LogP contribution >= 0.6 is 0 Å². The second-order valence-electron chi connectivity index (χ2n) is 8.93. The zero-order valence-electron chi connectivity index (χ0n) is 17.7. The van der Waals surface area contributed by atoms with Gasteiger partial charge in [0.25, 0.3) is 5.91 Å². The molecule has 7 nitrogen and oxygen atoms in total. The maximum absolute atomic E-state index is 12.9. The van der Waals surface area contributed by atoms with Gasteiger partial charge in [-0.3, -0.25) is 19.3 Å². The second-order valence-corrected chi connectivity index (χ2v) is 8.93. The minimum absolute atomic E-state index is 0.115. The number of carbonyl (C=O) groups excluding carboxylic acids is 4. The van der Waals surface area contributed by atoms with Gasteiger partial charge in [-0.1, -0.05) is 17.7 Å². The Morgan fingerprint density at radius 3 is 2.12 bits per heavy atom. The number of fused-ring (bicyclic) bond motifs is 5. The molecular weight excluding hydrogens is 408 g/mol. The maximum atomic E-state index is 12.9. The summed E-state index contributed by atoms with van der Waals surface area (Å²) in [5.74, 6) is -1.03. The maximum Gasteiger partial charge on any atom is 0.338 e. The number of hydrogen-bond acceptors (Lipinski definition) is 5. The Bertz CT molecular complexity index is 1060. The summed E-state index contributed by atoms with van der Waals surface area (Å²) in [5, 5.41) is 2.67. The van der Waals surface area contributed by atoms with Gasteiger partial charge in [-0.05, 0) is 74.4 Å². The first kappa shape index (κ1) is 20.4.